The van der Waals surface area contributed by atoms with Crippen LogP contribution in [0.1, 0.15) is 15.9 Å². The quantitative estimate of drug-likeness (QED) is 0.851. The highest BCUT2D eigenvalue weighted by Gasteiger charge is 2.22. The molecule has 2 N–H and O–H groups in total. The van der Waals surface area contributed by atoms with Crippen LogP contribution in [0.5, 0.6) is 11.5 Å². The van der Waals surface area contributed by atoms with Crippen molar-refractivity contribution in [2.75, 3.05) is 18.5 Å². The Morgan fingerprint density at radius 3 is 2.59 bits per heavy atom. The molecule has 1 unspecified atom stereocenters. The number of rotatable bonds is 4. The Balaban J connectivity index is 1.66. The summed E-state index contributed by atoms with van der Waals surface area (Å²) in [7, 11) is 0. The molecule has 27 heavy (non-hydrogen) atoms. The Morgan fingerprint density at radius 2 is 1.93 bits per heavy atom. The zero-order chi connectivity index (χ0) is 19.4. The van der Waals surface area contributed by atoms with Crippen molar-refractivity contribution in [2.45, 2.75) is 12.3 Å². The SMILES string of the molecule is O=C(Nc1ccc2c(c1)OCC(CO)O2)c1ccc(/C=C/C(F)(F)F)cc1. The molecule has 0 saturated carbocycles. The lowest BCUT2D eigenvalue weighted by molar-refractivity contribution is -0.0790. The maximum atomic E-state index is 12.3. The predicted octanol–water partition coefficient (Wildman–Crippen LogP) is 3.65. The molecule has 3 rings (SSSR count). The molecule has 1 atom stereocenters. The van der Waals surface area contributed by atoms with Crippen molar-refractivity contribution in [1.82, 2.24) is 0 Å². The van der Waals surface area contributed by atoms with Crippen LogP contribution in [-0.4, -0.2) is 36.5 Å². The van der Waals surface area contributed by atoms with Crippen LogP contribution in [0.4, 0.5) is 18.9 Å². The Labute approximate surface area is 153 Å². The second-order valence-electron chi connectivity index (χ2n) is 5.85. The molecule has 8 heteroatoms. The molecule has 0 bridgehead atoms. The van der Waals surface area contributed by atoms with Crippen molar-refractivity contribution in [3.63, 3.8) is 0 Å². The van der Waals surface area contributed by atoms with Crippen LogP contribution in [0, 0.1) is 0 Å². The molecule has 2 aromatic carbocycles. The first-order chi connectivity index (χ1) is 12.8. The van der Waals surface area contributed by atoms with Crippen LogP contribution >= 0.6 is 0 Å². The largest absolute Gasteiger partial charge is 0.486 e. The van der Waals surface area contributed by atoms with E-state index in [9.17, 15) is 18.0 Å². The first-order valence-electron chi connectivity index (χ1n) is 8.06. The number of fused-ring (bicyclic) bond motifs is 1. The second kappa shape index (κ2) is 7.71. The molecule has 0 fully saturated rings. The Morgan fingerprint density at radius 1 is 1.19 bits per heavy atom. The van der Waals surface area contributed by atoms with Gasteiger partial charge in [0.15, 0.2) is 17.6 Å². The summed E-state index contributed by atoms with van der Waals surface area (Å²) in [5, 5.41) is 11.8. The van der Waals surface area contributed by atoms with E-state index in [1.165, 1.54) is 24.3 Å². The molecular weight excluding hydrogens is 363 g/mol. The smallest absolute Gasteiger partial charge is 0.409 e. The molecule has 1 aliphatic heterocycles. The third kappa shape index (κ3) is 5.01. The summed E-state index contributed by atoms with van der Waals surface area (Å²) in [5.41, 5.74) is 1.11. The van der Waals surface area contributed by atoms with Gasteiger partial charge < -0.3 is 19.9 Å². The van der Waals surface area contributed by atoms with Crippen molar-refractivity contribution in [3.8, 4) is 11.5 Å². The summed E-state index contributed by atoms with van der Waals surface area (Å²) in [6.45, 7) is 0.0416. The van der Waals surface area contributed by atoms with Gasteiger partial charge in [0.05, 0.1) is 6.61 Å². The minimum Gasteiger partial charge on any atom is -0.486 e. The minimum atomic E-state index is -4.38. The van der Waals surface area contributed by atoms with E-state index in [4.69, 9.17) is 14.6 Å². The summed E-state index contributed by atoms with van der Waals surface area (Å²) in [6, 6.07) is 10.6. The van der Waals surface area contributed by atoms with Crippen molar-refractivity contribution in [2.24, 2.45) is 0 Å². The lowest BCUT2D eigenvalue weighted by atomic mass is 10.1. The zero-order valence-corrected chi connectivity index (χ0v) is 14.0. The van der Waals surface area contributed by atoms with Gasteiger partial charge in [-0.3, -0.25) is 4.79 Å². The van der Waals surface area contributed by atoms with E-state index in [-0.39, 0.29) is 19.3 Å². The summed E-state index contributed by atoms with van der Waals surface area (Å²) >= 11 is 0. The maximum absolute atomic E-state index is 12.3. The van der Waals surface area contributed by atoms with E-state index >= 15 is 0 Å². The van der Waals surface area contributed by atoms with Crippen molar-refractivity contribution >= 4 is 17.7 Å². The number of ether oxygens (including phenoxy) is 2. The highest BCUT2D eigenvalue weighted by Crippen LogP contribution is 2.34. The lowest BCUT2D eigenvalue weighted by Crippen LogP contribution is -2.32. The average molecular weight is 379 g/mol. The standard InChI is InChI=1S/C19H16F3NO4/c20-19(21,22)8-7-12-1-3-13(4-2-12)18(25)23-14-5-6-16-17(9-14)26-11-15(10-24)27-16/h1-9,15,24H,10-11H2,(H,23,25)/b8-7+. The molecule has 0 aliphatic carbocycles. The third-order valence-corrected chi connectivity index (χ3v) is 3.76. The number of hydrogen-bond donors (Lipinski definition) is 2. The van der Waals surface area contributed by atoms with Crippen molar-refractivity contribution in [3.05, 3.63) is 59.7 Å². The summed E-state index contributed by atoms with van der Waals surface area (Å²) in [6.07, 6.45) is -3.74. The first kappa shape index (κ1) is 18.8. The number of aliphatic hydroxyl groups is 1. The number of carbonyl (C=O) groups excluding carboxylic acids is 1. The Kier molecular flexibility index (Phi) is 5.36. The van der Waals surface area contributed by atoms with Gasteiger partial charge in [0.2, 0.25) is 0 Å². The highest BCUT2D eigenvalue weighted by molar-refractivity contribution is 6.04. The van der Waals surface area contributed by atoms with Gasteiger partial charge in [0.1, 0.15) is 6.61 Å². The number of benzene rings is 2. The minimum absolute atomic E-state index is 0.138. The zero-order valence-electron chi connectivity index (χ0n) is 14.0. The number of anilines is 1. The van der Waals surface area contributed by atoms with E-state index < -0.39 is 18.2 Å². The average Bonchev–Trinajstić information content (AvgIpc) is 2.65. The number of allylic oxidation sites excluding steroid dienone is 1. The number of hydrogen-bond acceptors (Lipinski definition) is 4. The molecule has 1 aliphatic rings. The van der Waals surface area contributed by atoms with Crippen LogP contribution in [0.15, 0.2) is 48.5 Å². The molecule has 0 aromatic heterocycles. The number of nitrogens with one attached hydrogen (secondary N) is 1. The number of alkyl halides is 3. The van der Waals surface area contributed by atoms with Gasteiger partial charge in [-0.1, -0.05) is 18.2 Å². The van der Waals surface area contributed by atoms with Crippen LogP contribution in [0.25, 0.3) is 6.08 Å². The fourth-order valence-corrected chi connectivity index (χ4v) is 2.42. The van der Waals surface area contributed by atoms with Gasteiger partial charge >= 0.3 is 6.18 Å². The monoisotopic (exact) mass is 379 g/mol. The molecule has 0 radical (unpaired) electrons. The normalized spacial score (nSPS) is 16.4. The van der Waals surface area contributed by atoms with Gasteiger partial charge in [-0.2, -0.15) is 13.2 Å². The number of carbonyl (C=O) groups is 1. The van der Waals surface area contributed by atoms with Gasteiger partial charge in [-0.15, -0.1) is 0 Å². The molecule has 142 valence electrons. The molecule has 0 spiro atoms. The fraction of sp³-hybridized carbons (Fsp3) is 0.211. The molecule has 1 heterocycles. The van der Waals surface area contributed by atoms with Crippen molar-refractivity contribution < 1.29 is 32.5 Å². The van der Waals surface area contributed by atoms with Crippen LogP contribution in [0.3, 0.4) is 0 Å². The Hall–Kier alpha value is -3.00. The molecule has 2 aromatic rings. The van der Waals surface area contributed by atoms with E-state index in [1.807, 2.05) is 0 Å². The summed E-state index contributed by atoms with van der Waals surface area (Å²) < 4.78 is 47.5. The van der Waals surface area contributed by atoms with Gasteiger partial charge in [0.25, 0.3) is 5.91 Å². The molecule has 0 saturated heterocycles. The maximum Gasteiger partial charge on any atom is 0.409 e. The van der Waals surface area contributed by atoms with Crippen molar-refractivity contribution in [1.29, 1.82) is 0 Å². The summed E-state index contributed by atoms with van der Waals surface area (Å²) in [5.74, 6) is 0.510. The van der Waals surface area contributed by atoms with E-state index in [1.54, 1.807) is 18.2 Å². The Bertz CT molecular complexity index is 847. The third-order valence-electron chi connectivity index (χ3n) is 3.76. The topological polar surface area (TPSA) is 67.8 Å². The number of amides is 1. The molecular formula is C19H16F3NO4. The molecule has 1 amide bonds. The number of aliphatic hydroxyl groups excluding tert-OH is 1. The number of halogens is 3. The van der Waals surface area contributed by atoms with E-state index in [0.29, 0.717) is 28.3 Å². The first-order valence-corrected chi connectivity index (χ1v) is 8.06. The van der Waals surface area contributed by atoms with E-state index in [0.717, 1.165) is 6.08 Å². The van der Waals surface area contributed by atoms with Gasteiger partial charge in [-0.05, 0) is 29.8 Å². The van der Waals surface area contributed by atoms with Gasteiger partial charge in [0, 0.05) is 23.4 Å². The van der Waals surface area contributed by atoms with E-state index in [2.05, 4.69) is 5.32 Å². The van der Waals surface area contributed by atoms with Crippen LogP contribution < -0.4 is 14.8 Å². The van der Waals surface area contributed by atoms with Gasteiger partial charge in [-0.25, -0.2) is 0 Å². The highest BCUT2D eigenvalue weighted by atomic mass is 19.4. The lowest BCUT2D eigenvalue weighted by Gasteiger charge is -2.25. The fourth-order valence-electron chi connectivity index (χ4n) is 2.42. The summed E-state index contributed by atoms with van der Waals surface area (Å²) in [4.78, 5) is 12.3. The van der Waals surface area contributed by atoms with Crippen LogP contribution in [0.2, 0.25) is 0 Å². The predicted molar refractivity (Wildman–Crippen MR) is 92.9 cm³/mol. The molecule has 5 nitrogen and oxygen atoms in total. The second-order valence-corrected chi connectivity index (χ2v) is 5.85. The van der Waals surface area contributed by atoms with Crippen LogP contribution in [-0.2, 0) is 0 Å².